The van der Waals surface area contributed by atoms with Crippen LogP contribution in [0.2, 0.25) is 5.02 Å². The highest BCUT2D eigenvalue weighted by Gasteiger charge is 2.42. The van der Waals surface area contributed by atoms with Crippen molar-refractivity contribution < 1.29 is 18.0 Å². The molecule has 0 bridgehead atoms. The molecule has 2 amide bonds. The van der Waals surface area contributed by atoms with Gasteiger partial charge in [0.15, 0.2) is 0 Å². The van der Waals surface area contributed by atoms with Crippen molar-refractivity contribution in [2.24, 2.45) is 0 Å². The highest BCUT2D eigenvalue weighted by atomic mass is 35.5. The molecule has 2 aromatic heterocycles. The van der Waals surface area contributed by atoms with Crippen LogP contribution in [0.4, 0.5) is 29.3 Å². The molecule has 1 unspecified atom stereocenters. The fraction of sp³-hybridized carbons (Fsp3) is 0.158. The predicted octanol–water partition coefficient (Wildman–Crippen LogP) is 4.64. The maximum Gasteiger partial charge on any atom is 0.433 e. The van der Waals surface area contributed by atoms with E-state index in [1.165, 1.54) is 11.1 Å². The summed E-state index contributed by atoms with van der Waals surface area (Å²) in [6.07, 6.45) is -0.788. The van der Waals surface area contributed by atoms with Gasteiger partial charge in [-0.25, -0.2) is 4.79 Å². The van der Waals surface area contributed by atoms with Gasteiger partial charge < -0.3 is 0 Å². The van der Waals surface area contributed by atoms with E-state index in [1.807, 2.05) is 12.1 Å². The first-order valence-electron chi connectivity index (χ1n) is 8.37. The molecule has 1 atom stereocenters. The summed E-state index contributed by atoms with van der Waals surface area (Å²) in [6.45, 7) is -0.153. The van der Waals surface area contributed by atoms with Gasteiger partial charge in [0.1, 0.15) is 11.7 Å². The third-order valence-electron chi connectivity index (χ3n) is 4.58. The lowest BCUT2D eigenvalue weighted by atomic mass is 10.1. The van der Waals surface area contributed by atoms with E-state index in [1.54, 1.807) is 24.4 Å². The van der Waals surface area contributed by atoms with Crippen LogP contribution in [0.3, 0.4) is 0 Å². The van der Waals surface area contributed by atoms with Crippen LogP contribution in [0.5, 0.6) is 0 Å². The van der Waals surface area contributed by atoms with Gasteiger partial charge in [0, 0.05) is 23.2 Å². The number of anilines is 2. The number of amides is 2. The normalized spacial score (nSPS) is 17.1. The number of alkyl halides is 3. The molecule has 4 rings (SSSR count). The smallest absolute Gasteiger partial charge is 0.289 e. The van der Waals surface area contributed by atoms with Gasteiger partial charge in [-0.2, -0.15) is 18.4 Å². The number of nitriles is 1. The molecular weight excluding hydrogens is 407 g/mol. The minimum absolute atomic E-state index is 0.124. The lowest BCUT2D eigenvalue weighted by Crippen LogP contribution is -2.34. The fourth-order valence-corrected chi connectivity index (χ4v) is 3.45. The Labute approximate surface area is 167 Å². The van der Waals surface area contributed by atoms with Crippen molar-refractivity contribution in [2.75, 3.05) is 16.3 Å². The third kappa shape index (κ3) is 3.21. The first-order chi connectivity index (χ1) is 13.8. The van der Waals surface area contributed by atoms with Crippen LogP contribution in [-0.4, -0.2) is 28.6 Å². The number of nitrogens with zero attached hydrogens (tertiary/aromatic N) is 5. The zero-order valence-electron chi connectivity index (χ0n) is 14.6. The van der Waals surface area contributed by atoms with Crippen molar-refractivity contribution >= 4 is 39.8 Å². The number of rotatable bonds is 2. The highest BCUT2D eigenvalue weighted by molar-refractivity contribution is 6.34. The van der Waals surface area contributed by atoms with Crippen LogP contribution in [0.25, 0.3) is 10.8 Å². The van der Waals surface area contributed by atoms with Gasteiger partial charge in [-0.15, -0.1) is 0 Å². The molecule has 1 aliphatic rings. The number of fused-ring (bicyclic) bond motifs is 1. The number of urea groups is 1. The number of halogens is 4. The average molecular weight is 418 g/mol. The Kier molecular flexibility index (Phi) is 4.51. The highest BCUT2D eigenvalue weighted by Crippen LogP contribution is 2.38. The molecule has 3 aromatic rings. The van der Waals surface area contributed by atoms with Gasteiger partial charge in [-0.1, -0.05) is 35.9 Å². The summed E-state index contributed by atoms with van der Waals surface area (Å²) in [7, 11) is 0. The van der Waals surface area contributed by atoms with Crippen LogP contribution in [0, 0.1) is 11.3 Å². The molecule has 0 aliphatic carbocycles. The van der Waals surface area contributed by atoms with Crippen LogP contribution in [0.1, 0.15) is 5.69 Å². The summed E-state index contributed by atoms with van der Waals surface area (Å²) < 4.78 is 39.2. The van der Waals surface area contributed by atoms with Gasteiger partial charge in [0.25, 0.3) is 0 Å². The molecule has 1 fully saturated rings. The molecule has 1 aliphatic heterocycles. The van der Waals surface area contributed by atoms with Gasteiger partial charge in [0.2, 0.25) is 0 Å². The second-order valence-electron chi connectivity index (χ2n) is 6.31. The summed E-state index contributed by atoms with van der Waals surface area (Å²) in [5.74, 6) is 0. The molecule has 146 valence electrons. The zero-order valence-corrected chi connectivity index (χ0v) is 15.3. The van der Waals surface area contributed by atoms with Crippen molar-refractivity contribution in [2.45, 2.75) is 12.2 Å². The van der Waals surface area contributed by atoms with Gasteiger partial charge in [-0.3, -0.25) is 19.8 Å². The maximum atomic E-state index is 13.1. The Balaban J connectivity index is 1.81. The van der Waals surface area contributed by atoms with E-state index < -0.39 is 23.9 Å². The Hall–Kier alpha value is -3.38. The quantitative estimate of drug-likeness (QED) is 0.609. The topological polar surface area (TPSA) is 73.1 Å². The zero-order chi connectivity index (χ0) is 20.8. The van der Waals surface area contributed by atoms with Crippen molar-refractivity contribution in [3.05, 3.63) is 59.6 Å². The molecule has 6 nitrogen and oxygen atoms in total. The Morgan fingerprint density at radius 1 is 1.17 bits per heavy atom. The van der Waals surface area contributed by atoms with Crippen molar-refractivity contribution in [1.29, 1.82) is 5.26 Å². The van der Waals surface area contributed by atoms with Crippen molar-refractivity contribution in [3.63, 3.8) is 0 Å². The molecule has 0 N–H and O–H groups in total. The Morgan fingerprint density at radius 2 is 1.93 bits per heavy atom. The summed E-state index contributed by atoms with van der Waals surface area (Å²) in [4.78, 5) is 22.8. The van der Waals surface area contributed by atoms with Crippen molar-refractivity contribution in [3.8, 4) is 6.07 Å². The molecule has 29 heavy (non-hydrogen) atoms. The molecule has 1 aromatic carbocycles. The standard InChI is InChI=1S/C19H11ClF3N5O/c20-14-8-26-17(19(21,22)23)5-15(14)27-10-12(6-24)28(18(27)29)16-9-25-7-11-3-1-2-4-13(11)16/h1-5,7-9,12H,10H2. The van der Waals surface area contributed by atoms with E-state index in [9.17, 15) is 23.2 Å². The molecule has 0 saturated carbocycles. The number of benzene rings is 1. The second-order valence-corrected chi connectivity index (χ2v) is 6.71. The van der Waals surface area contributed by atoms with Gasteiger partial charge >= 0.3 is 12.2 Å². The number of aromatic nitrogens is 2. The molecule has 0 spiro atoms. The van der Waals surface area contributed by atoms with E-state index in [0.717, 1.165) is 16.5 Å². The monoisotopic (exact) mass is 417 g/mol. The average Bonchev–Trinajstić information content (AvgIpc) is 3.03. The molecule has 3 heterocycles. The summed E-state index contributed by atoms with van der Waals surface area (Å²) in [6, 6.07) is 8.30. The van der Waals surface area contributed by atoms with Gasteiger partial charge in [-0.05, 0) is 6.07 Å². The molecule has 10 heteroatoms. The second kappa shape index (κ2) is 6.90. The van der Waals surface area contributed by atoms with Gasteiger partial charge in [0.05, 0.1) is 35.2 Å². The fourth-order valence-electron chi connectivity index (χ4n) is 3.25. The molecule has 1 saturated heterocycles. The number of carbonyl (C=O) groups excluding carboxylic acids is 1. The number of hydrogen-bond acceptors (Lipinski definition) is 4. The van der Waals surface area contributed by atoms with E-state index in [4.69, 9.17) is 11.6 Å². The molecular formula is C19H11ClF3N5O. The van der Waals surface area contributed by atoms with Crippen molar-refractivity contribution in [1.82, 2.24) is 9.97 Å². The first-order valence-corrected chi connectivity index (χ1v) is 8.75. The molecule has 0 radical (unpaired) electrons. The number of pyridine rings is 2. The number of carbonyl (C=O) groups is 1. The number of hydrogen-bond donors (Lipinski definition) is 0. The summed E-state index contributed by atoms with van der Waals surface area (Å²) in [5.41, 5.74) is -0.943. The predicted molar refractivity (Wildman–Crippen MR) is 101 cm³/mol. The van der Waals surface area contributed by atoms with E-state index >= 15 is 0 Å². The van der Waals surface area contributed by atoms with E-state index in [-0.39, 0.29) is 17.3 Å². The Bertz CT molecular complexity index is 1160. The van der Waals surface area contributed by atoms with E-state index in [0.29, 0.717) is 17.1 Å². The largest absolute Gasteiger partial charge is 0.433 e. The van der Waals surface area contributed by atoms with Crippen LogP contribution in [-0.2, 0) is 6.18 Å². The lowest BCUT2D eigenvalue weighted by Gasteiger charge is -2.21. The SMILES string of the molecule is N#CC1CN(c2cc(C(F)(F)F)ncc2Cl)C(=O)N1c1cncc2ccccc12. The van der Waals surface area contributed by atoms with Crippen LogP contribution >= 0.6 is 11.6 Å². The van der Waals surface area contributed by atoms with Crippen LogP contribution < -0.4 is 9.80 Å². The third-order valence-corrected chi connectivity index (χ3v) is 4.87. The minimum Gasteiger partial charge on any atom is -0.289 e. The maximum absolute atomic E-state index is 13.1. The Morgan fingerprint density at radius 3 is 2.66 bits per heavy atom. The van der Waals surface area contributed by atoms with Crippen LogP contribution in [0.15, 0.2) is 48.9 Å². The summed E-state index contributed by atoms with van der Waals surface area (Å²) in [5, 5.41) is 10.9. The minimum atomic E-state index is -4.70. The summed E-state index contributed by atoms with van der Waals surface area (Å²) >= 11 is 6.03. The lowest BCUT2D eigenvalue weighted by molar-refractivity contribution is -0.141. The first kappa shape index (κ1) is 19.0. The van der Waals surface area contributed by atoms with E-state index in [2.05, 4.69) is 9.97 Å².